The monoisotopic (exact) mass is 208 g/mol. The van der Waals surface area contributed by atoms with Gasteiger partial charge in [-0.2, -0.15) is 4.98 Å². The van der Waals surface area contributed by atoms with Crippen LogP contribution in [0.4, 0.5) is 5.82 Å². The summed E-state index contributed by atoms with van der Waals surface area (Å²) in [6, 6.07) is 0. The lowest BCUT2D eigenvalue weighted by Gasteiger charge is -2.07. The number of aliphatic hydroxyl groups excluding tert-OH is 1. The van der Waals surface area contributed by atoms with Crippen molar-refractivity contribution in [3.05, 3.63) is 18.6 Å². The molecule has 0 radical (unpaired) electrons. The van der Waals surface area contributed by atoms with Crippen LogP contribution >= 0.6 is 0 Å². The molecule has 0 atom stereocenters. The zero-order chi connectivity index (χ0) is 10.7. The van der Waals surface area contributed by atoms with Crippen molar-refractivity contribution in [3.63, 3.8) is 0 Å². The van der Waals surface area contributed by atoms with Crippen molar-refractivity contribution >= 4 is 11.5 Å². The van der Waals surface area contributed by atoms with Gasteiger partial charge in [0, 0.05) is 19.4 Å². The van der Waals surface area contributed by atoms with E-state index in [4.69, 9.17) is 9.84 Å². The SMILES string of the molecule is CNc1cn2ccnc2c(OCCO)n1. The Morgan fingerprint density at radius 1 is 1.60 bits per heavy atom. The molecule has 2 N–H and O–H groups in total. The largest absolute Gasteiger partial charge is 0.473 e. The van der Waals surface area contributed by atoms with Gasteiger partial charge in [0.2, 0.25) is 5.65 Å². The van der Waals surface area contributed by atoms with E-state index >= 15 is 0 Å². The normalized spacial score (nSPS) is 10.5. The smallest absolute Gasteiger partial charge is 0.260 e. The van der Waals surface area contributed by atoms with Gasteiger partial charge < -0.3 is 15.2 Å². The van der Waals surface area contributed by atoms with Crippen LogP contribution < -0.4 is 10.1 Å². The first-order chi connectivity index (χ1) is 7.35. The number of nitrogens with one attached hydrogen (secondary N) is 1. The van der Waals surface area contributed by atoms with Gasteiger partial charge in [-0.1, -0.05) is 0 Å². The molecule has 2 aromatic heterocycles. The van der Waals surface area contributed by atoms with Crippen LogP contribution in [0.25, 0.3) is 5.65 Å². The van der Waals surface area contributed by atoms with E-state index in [9.17, 15) is 0 Å². The molecule has 0 spiro atoms. The van der Waals surface area contributed by atoms with Crippen LogP contribution in [-0.4, -0.2) is 39.7 Å². The minimum absolute atomic E-state index is 0.0433. The van der Waals surface area contributed by atoms with E-state index in [2.05, 4.69) is 15.3 Å². The second-order valence-corrected chi connectivity index (χ2v) is 2.91. The van der Waals surface area contributed by atoms with Crippen molar-refractivity contribution in [2.24, 2.45) is 0 Å². The second-order valence-electron chi connectivity index (χ2n) is 2.91. The zero-order valence-corrected chi connectivity index (χ0v) is 8.34. The number of hydrogen-bond donors (Lipinski definition) is 2. The molecule has 0 saturated heterocycles. The van der Waals surface area contributed by atoms with Crippen molar-refractivity contribution < 1.29 is 9.84 Å². The number of fused-ring (bicyclic) bond motifs is 1. The number of rotatable bonds is 4. The number of ether oxygens (including phenoxy) is 1. The molecule has 15 heavy (non-hydrogen) atoms. The van der Waals surface area contributed by atoms with Gasteiger partial charge >= 0.3 is 0 Å². The number of nitrogens with zero attached hydrogens (tertiary/aromatic N) is 3. The predicted octanol–water partition coefficient (Wildman–Crippen LogP) is 0.142. The first kappa shape index (κ1) is 9.72. The van der Waals surface area contributed by atoms with E-state index < -0.39 is 0 Å². The summed E-state index contributed by atoms with van der Waals surface area (Å²) in [7, 11) is 1.78. The van der Waals surface area contributed by atoms with Crippen molar-refractivity contribution in [2.45, 2.75) is 0 Å². The van der Waals surface area contributed by atoms with Crippen molar-refractivity contribution in [1.29, 1.82) is 0 Å². The summed E-state index contributed by atoms with van der Waals surface area (Å²) in [4.78, 5) is 8.31. The summed E-state index contributed by atoms with van der Waals surface area (Å²) in [6.07, 6.45) is 5.29. The zero-order valence-electron chi connectivity index (χ0n) is 8.34. The third-order valence-electron chi connectivity index (χ3n) is 1.93. The molecule has 0 fully saturated rings. The first-order valence-electron chi connectivity index (χ1n) is 4.60. The quantitative estimate of drug-likeness (QED) is 0.748. The Balaban J connectivity index is 2.43. The molecule has 2 aromatic rings. The highest BCUT2D eigenvalue weighted by Gasteiger charge is 2.07. The highest BCUT2D eigenvalue weighted by molar-refractivity contribution is 5.53. The molecule has 80 valence electrons. The number of anilines is 1. The summed E-state index contributed by atoms with van der Waals surface area (Å²) < 4.78 is 7.10. The van der Waals surface area contributed by atoms with Crippen LogP contribution in [0.15, 0.2) is 18.6 Å². The van der Waals surface area contributed by atoms with E-state index in [1.807, 2.05) is 16.8 Å². The van der Waals surface area contributed by atoms with Crippen molar-refractivity contribution in [2.75, 3.05) is 25.6 Å². The molecule has 2 rings (SSSR count). The lowest BCUT2D eigenvalue weighted by molar-refractivity contribution is 0.198. The summed E-state index contributed by atoms with van der Waals surface area (Å²) in [5.41, 5.74) is 0.641. The molecule has 6 nitrogen and oxygen atoms in total. The Labute approximate surface area is 86.5 Å². The van der Waals surface area contributed by atoms with Crippen LogP contribution in [-0.2, 0) is 0 Å². The topological polar surface area (TPSA) is 71.7 Å². The minimum atomic E-state index is -0.0433. The molecule has 0 aromatic carbocycles. The van der Waals surface area contributed by atoms with Gasteiger partial charge in [-0.3, -0.25) is 4.40 Å². The van der Waals surface area contributed by atoms with Gasteiger partial charge in [0.15, 0.2) is 0 Å². The minimum Gasteiger partial charge on any atom is -0.473 e. The standard InChI is InChI=1S/C9H12N4O2/c1-10-7-6-13-3-2-11-8(13)9(12-7)15-5-4-14/h2-3,6,10,14H,4-5H2,1H3. The fourth-order valence-corrected chi connectivity index (χ4v) is 1.26. The van der Waals surface area contributed by atoms with E-state index in [1.165, 1.54) is 0 Å². The predicted molar refractivity (Wildman–Crippen MR) is 55.1 cm³/mol. The van der Waals surface area contributed by atoms with Gasteiger partial charge in [-0.05, 0) is 0 Å². The Bertz CT molecular complexity index is 454. The molecule has 0 saturated carbocycles. The molecule has 6 heteroatoms. The molecular weight excluding hydrogens is 196 g/mol. The Morgan fingerprint density at radius 3 is 3.20 bits per heavy atom. The summed E-state index contributed by atoms with van der Waals surface area (Å²) in [6.45, 7) is 0.168. The number of aliphatic hydroxyl groups is 1. The van der Waals surface area contributed by atoms with Crippen LogP contribution in [0.3, 0.4) is 0 Å². The molecule has 0 aliphatic heterocycles. The number of imidazole rings is 1. The van der Waals surface area contributed by atoms with Gasteiger partial charge in [-0.25, -0.2) is 4.98 Å². The van der Waals surface area contributed by atoms with Crippen molar-refractivity contribution in [1.82, 2.24) is 14.4 Å². The van der Waals surface area contributed by atoms with Gasteiger partial charge in [0.25, 0.3) is 5.88 Å². The Morgan fingerprint density at radius 2 is 2.47 bits per heavy atom. The summed E-state index contributed by atoms with van der Waals surface area (Å²) in [5, 5.41) is 11.6. The van der Waals surface area contributed by atoms with E-state index in [0.717, 1.165) is 0 Å². The lowest BCUT2D eigenvalue weighted by atomic mass is 10.6. The van der Waals surface area contributed by atoms with Crippen LogP contribution in [0, 0.1) is 0 Å². The molecule has 0 unspecified atom stereocenters. The van der Waals surface area contributed by atoms with Crippen LogP contribution in [0.5, 0.6) is 5.88 Å². The fraction of sp³-hybridized carbons (Fsp3) is 0.333. The van der Waals surface area contributed by atoms with Gasteiger partial charge in [-0.15, -0.1) is 0 Å². The third-order valence-corrected chi connectivity index (χ3v) is 1.93. The number of hydrogen-bond acceptors (Lipinski definition) is 5. The van der Waals surface area contributed by atoms with Gasteiger partial charge in [0.1, 0.15) is 12.4 Å². The Hall–Kier alpha value is -1.82. The van der Waals surface area contributed by atoms with E-state index in [0.29, 0.717) is 17.3 Å². The van der Waals surface area contributed by atoms with Crippen LogP contribution in [0.1, 0.15) is 0 Å². The van der Waals surface area contributed by atoms with Crippen LogP contribution in [0.2, 0.25) is 0 Å². The molecule has 2 heterocycles. The maximum absolute atomic E-state index is 8.68. The molecule has 0 aliphatic rings. The molecule has 0 bridgehead atoms. The maximum atomic E-state index is 8.68. The highest BCUT2D eigenvalue weighted by Crippen LogP contribution is 2.17. The molecule has 0 amide bonds. The average Bonchev–Trinajstić information content (AvgIpc) is 2.73. The lowest BCUT2D eigenvalue weighted by Crippen LogP contribution is -2.06. The van der Waals surface area contributed by atoms with Crippen molar-refractivity contribution in [3.8, 4) is 5.88 Å². The Kier molecular flexibility index (Phi) is 2.68. The third kappa shape index (κ3) is 1.84. The second kappa shape index (κ2) is 4.14. The molecular formula is C9H12N4O2. The summed E-state index contributed by atoms with van der Waals surface area (Å²) >= 11 is 0. The highest BCUT2D eigenvalue weighted by atomic mass is 16.5. The maximum Gasteiger partial charge on any atom is 0.260 e. The summed E-state index contributed by atoms with van der Waals surface area (Å²) in [5.74, 6) is 1.11. The average molecular weight is 208 g/mol. The van der Waals surface area contributed by atoms with Gasteiger partial charge in [0.05, 0.1) is 12.8 Å². The van der Waals surface area contributed by atoms with E-state index in [1.54, 1.807) is 13.2 Å². The molecule has 0 aliphatic carbocycles. The number of aromatic nitrogens is 3. The fourth-order valence-electron chi connectivity index (χ4n) is 1.26. The first-order valence-corrected chi connectivity index (χ1v) is 4.60. The van der Waals surface area contributed by atoms with E-state index in [-0.39, 0.29) is 13.2 Å².